The first-order chi connectivity index (χ1) is 15.3. The molecular formula is C24H20F3N3O2. The number of ether oxygens (including phenoxy) is 1. The van der Waals surface area contributed by atoms with Gasteiger partial charge in [-0.25, -0.2) is 0 Å². The summed E-state index contributed by atoms with van der Waals surface area (Å²) in [5.41, 5.74) is 0.364. The third-order valence-electron chi connectivity index (χ3n) is 4.89. The number of carbonyl (C=O) groups is 1. The standard InChI is InChI=1S/C24H18F3N3O2.H2/c1-15(21-14-28-11-12-29-21)30-23(31)17-5-10-20-16(13-17)3-2-4-22(20)32-19-8-6-18(7-9-19)24(25,26)27;/h2-15H,1H3,(H,30,31);1H/t15-;/m1./s1. The Labute approximate surface area is 183 Å². The molecule has 164 valence electrons. The van der Waals surface area contributed by atoms with E-state index in [1.165, 1.54) is 12.1 Å². The molecule has 5 nitrogen and oxygen atoms in total. The molecule has 4 rings (SSSR count). The SMILES string of the molecule is C[C@@H](NC(=O)c1ccc2c(Oc3ccc(C(F)(F)F)cc3)cccc2c1)c1cnccn1.[HH]. The highest BCUT2D eigenvalue weighted by Gasteiger charge is 2.30. The maximum absolute atomic E-state index is 12.8. The van der Waals surface area contributed by atoms with Crippen molar-refractivity contribution in [2.75, 3.05) is 0 Å². The van der Waals surface area contributed by atoms with Crippen molar-refractivity contribution in [2.45, 2.75) is 19.1 Å². The quantitative estimate of drug-likeness (QED) is 0.403. The monoisotopic (exact) mass is 439 g/mol. The van der Waals surface area contributed by atoms with Crippen molar-refractivity contribution in [1.82, 2.24) is 15.3 Å². The second kappa shape index (κ2) is 8.66. The van der Waals surface area contributed by atoms with Gasteiger partial charge < -0.3 is 10.1 Å². The second-order valence-electron chi connectivity index (χ2n) is 7.14. The van der Waals surface area contributed by atoms with Gasteiger partial charge >= 0.3 is 6.18 Å². The number of nitrogens with zero attached hydrogens (tertiary/aromatic N) is 2. The Morgan fingerprint density at radius 1 is 1.06 bits per heavy atom. The number of amides is 1. The van der Waals surface area contributed by atoms with Gasteiger partial charge in [-0.05, 0) is 60.8 Å². The molecule has 0 aliphatic heterocycles. The van der Waals surface area contributed by atoms with Crippen molar-refractivity contribution < 1.29 is 24.1 Å². The molecule has 0 aliphatic carbocycles. The first-order valence-electron chi connectivity index (χ1n) is 9.76. The molecule has 0 unspecified atom stereocenters. The van der Waals surface area contributed by atoms with Gasteiger partial charge in [0, 0.05) is 24.8 Å². The molecule has 4 aromatic rings. The van der Waals surface area contributed by atoms with Gasteiger partial charge in [0.15, 0.2) is 0 Å². The summed E-state index contributed by atoms with van der Waals surface area (Å²) in [6.45, 7) is 1.82. The Morgan fingerprint density at radius 2 is 1.84 bits per heavy atom. The topological polar surface area (TPSA) is 64.1 Å². The lowest BCUT2D eigenvalue weighted by Gasteiger charge is -2.14. The zero-order valence-corrected chi connectivity index (χ0v) is 16.9. The number of fused-ring (bicyclic) bond motifs is 1. The molecular weight excluding hydrogens is 419 g/mol. The smallest absolute Gasteiger partial charge is 0.416 e. The van der Waals surface area contributed by atoms with E-state index in [9.17, 15) is 18.0 Å². The van der Waals surface area contributed by atoms with Gasteiger partial charge in [0.25, 0.3) is 5.91 Å². The van der Waals surface area contributed by atoms with E-state index in [2.05, 4.69) is 15.3 Å². The Hall–Kier alpha value is -3.94. The fourth-order valence-corrected chi connectivity index (χ4v) is 3.21. The Kier molecular flexibility index (Phi) is 5.77. The summed E-state index contributed by atoms with van der Waals surface area (Å²) in [6, 6.07) is 14.6. The summed E-state index contributed by atoms with van der Waals surface area (Å²) in [7, 11) is 0. The highest BCUT2D eigenvalue weighted by atomic mass is 19.4. The van der Waals surface area contributed by atoms with E-state index in [4.69, 9.17) is 4.74 Å². The fourth-order valence-electron chi connectivity index (χ4n) is 3.21. The van der Waals surface area contributed by atoms with Gasteiger partial charge in [0.1, 0.15) is 11.5 Å². The van der Waals surface area contributed by atoms with E-state index in [0.29, 0.717) is 17.0 Å². The molecule has 0 bridgehead atoms. The summed E-state index contributed by atoms with van der Waals surface area (Å²) in [5, 5.41) is 4.37. The predicted molar refractivity (Wildman–Crippen MR) is 115 cm³/mol. The summed E-state index contributed by atoms with van der Waals surface area (Å²) in [6.07, 6.45) is 0.313. The minimum atomic E-state index is -4.40. The van der Waals surface area contributed by atoms with Crippen LogP contribution in [-0.4, -0.2) is 15.9 Å². The molecule has 0 aliphatic rings. The van der Waals surface area contributed by atoms with E-state index >= 15 is 0 Å². The van der Waals surface area contributed by atoms with E-state index < -0.39 is 11.7 Å². The summed E-state index contributed by atoms with van der Waals surface area (Å²) in [5.74, 6) is 0.492. The van der Waals surface area contributed by atoms with Crippen molar-refractivity contribution in [3.8, 4) is 11.5 Å². The van der Waals surface area contributed by atoms with Gasteiger partial charge in [-0.1, -0.05) is 12.1 Å². The largest absolute Gasteiger partial charge is 0.457 e. The van der Waals surface area contributed by atoms with Gasteiger partial charge in [-0.2, -0.15) is 13.2 Å². The molecule has 0 saturated carbocycles. The molecule has 0 radical (unpaired) electrons. The van der Waals surface area contributed by atoms with Crippen LogP contribution in [0.15, 0.2) is 79.3 Å². The van der Waals surface area contributed by atoms with Gasteiger partial charge in [0.05, 0.1) is 23.5 Å². The minimum Gasteiger partial charge on any atom is -0.457 e. The molecule has 32 heavy (non-hydrogen) atoms. The number of hydrogen-bond acceptors (Lipinski definition) is 4. The van der Waals surface area contributed by atoms with E-state index in [-0.39, 0.29) is 19.1 Å². The van der Waals surface area contributed by atoms with Crippen molar-refractivity contribution in [3.63, 3.8) is 0 Å². The summed E-state index contributed by atoms with van der Waals surface area (Å²) < 4.78 is 44.1. The van der Waals surface area contributed by atoms with Crippen LogP contribution in [0.4, 0.5) is 13.2 Å². The molecule has 0 saturated heterocycles. The molecule has 3 aromatic carbocycles. The first kappa shape index (κ1) is 21.3. The molecule has 0 fully saturated rings. The maximum atomic E-state index is 12.8. The second-order valence-corrected chi connectivity index (χ2v) is 7.14. The van der Waals surface area contributed by atoms with Gasteiger partial charge in [0.2, 0.25) is 0 Å². The average molecular weight is 439 g/mol. The van der Waals surface area contributed by atoms with Crippen molar-refractivity contribution in [2.24, 2.45) is 0 Å². The number of rotatable bonds is 5. The third kappa shape index (κ3) is 4.69. The highest BCUT2D eigenvalue weighted by Crippen LogP contribution is 2.33. The molecule has 1 heterocycles. The minimum absolute atomic E-state index is 0. The van der Waals surface area contributed by atoms with Crippen molar-refractivity contribution in [3.05, 3.63) is 96.1 Å². The van der Waals surface area contributed by atoms with Crippen molar-refractivity contribution >= 4 is 16.7 Å². The van der Waals surface area contributed by atoms with Gasteiger partial charge in [-0.15, -0.1) is 0 Å². The molecule has 1 amide bonds. The van der Waals surface area contributed by atoms with E-state index in [1.54, 1.807) is 48.9 Å². The van der Waals surface area contributed by atoms with E-state index in [0.717, 1.165) is 22.9 Å². The average Bonchev–Trinajstić information content (AvgIpc) is 2.79. The van der Waals surface area contributed by atoms with Crippen LogP contribution in [0.5, 0.6) is 11.5 Å². The molecule has 1 aromatic heterocycles. The Morgan fingerprint density at radius 3 is 2.53 bits per heavy atom. The molecule has 0 spiro atoms. The van der Waals surface area contributed by atoms with Crippen LogP contribution in [0.3, 0.4) is 0 Å². The van der Waals surface area contributed by atoms with E-state index in [1.807, 2.05) is 13.0 Å². The van der Waals surface area contributed by atoms with Crippen LogP contribution < -0.4 is 10.1 Å². The van der Waals surface area contributed by atoms with Crippen LogP contribution >= 0.6 is 0 Å². The number of nitrogens with one attached hydrogen (secondary N) is 1. The molecule has 1 N–H and O–H groups in total. The predicted octanol–water partition coefficient (Wildman–Crippen LogP) is 6.18. The molecule has 8 heteroatoms. The maximum Gasteiger partial charge on any atom is 0.416 e. The number of hydrogen-bond donors (Lipinski definition) is 1. The Bertz CT molecular complexity index is 1250. The molecule has 1 atom stereocenters. The zero-order chi connectivity index (χ0) is 22.7. The van der Waals surface area contributed by atoms with Crippen LogP contribution in [0.25, 0.3) is 10.8 Å². The number of aromatic nitrogens is 2. The number of halogens is 3. The number of benzene rings is 3. The van der Waals surface area contributed by atoms with Crippen LogP contribution in [-0.2, 0) is 6.18 Å². The van der Waals surface area contributed by atoms with Crippen molar-refractivity contribution in [1.29, 1.82) is 0 Å². The van der Waals surface area contributed by atoms with Crippen LogP contribution in [0.1, 0.15) is 36.0 Å². The normalized spacial score (nSPS) is 12.4. The number of alkyl halides is 3. The lowest BCUT2D eigenvalue weighted by atomic mass is 10.1. The lowest BCUT2D eigenvalue weighted by molar-refractivity contribution is -0.137. The summed E-state index contributed by atoms with van der Waals surface area (Å²) >= 11 is 0. The number of carbonyl (C=O) groups excluding carboxylic acids is 1. The fraction of sp³-hybridized carbons (Fsp3) is 0.125. The van der Waals surface area contributed by atoms with Crippen LogP contribution in [0.2, 0.25) is 0 Å². The highest BCUT2D eigenvalue weighted by molar-refractivity contribution is 6.00. The third-order valence-corrected chi connectivity index (χ3v) is 4.89. The summed E-state index contributed by atoms with van der Waals surface area (Å²) in [4.78, 5) is 20.9. The lowest BCUT2D eigenvalue weighted by Crippen LogP contribution is -2.27. The first-order valence-corrected chi connectivity index (χ1v) is 9.76. The van der Waals surface area contributed by atoms with Crippen LogP contribution in [0, 0.1) is 0 Å². The zero-order valence-electron chi connectivity index (χ0n) is 16.9. The van der Waals surface area contributed by atoms with Gasteiger partial charge in [-0.3, -0.25) is 14.8 Å². The Balaban J connectivity index is 0.00000306.